The van der Waals surface area contributed by atoms with E-state index >= 15 is 0 Å². The van der Waals surface area contributed by atoms with Crippen molar-refractivity contribution >= 4 is 6.09 Å². The molecule has 2 N–H and O–H groups in total. The number of allylic oxidation sites excluding steroid dienone is 1. The summed E-state index contributed by atoms with van der Waals surface area (Å²) < 4.78 is 5.85. The van der Waals surface area contributed by atoms with E-state index in [1.165, 1.54) is 50.6 Å². The number of fused-ring (bicyclic) bond motifs is 2. The number of carbonyl (C=O) groups excluding carboxylic acids is 1. The Morgan fingerprint density at radius 3 is 2.67 bits per heavy atom. The summed E-state index contributed by atoms with van der Waals surface area (Å²) in [6.45, 7) is 7.86. The van der Waals surface area contributed by atoms with Crippen molar-refractivity contribution < 1.29 is 9.53 Å². The highest BCUT2D eigenvalue weighted by Crippen LogP contribution is 2.36. The highest BCUT2D eigenvalue weighted by molar-refractivity contribution is 5.68. The van der Waals surface area contributed by atoms with E-state index in [-0.39, 0.29) is 17.7 Å². The summed E-state index contributed by atoms with van der Waals surface area (Å²) >= 11 is 0. The third-order valence-corrected chi connectivity index (χ3v) is 5.93. The van der Waals surface area contributed by atoms with Crippen molar-refractivity contribution in [1.29, 1.82) is 0 Å². The van der Waals surface area contributed by atoms with Gasteiger partial charge in [-0.2, -0.15) is 0 Å². The molecule has 1 amide bonds. The average molecular weight is 378 g/mol. The van der Waals surface area contributed by atoms with Gasteiger partial charge in [0, 0.05) is 30.0 Å². The molecule has 0 aromatic carbocycles. The number of rotatable bonds is 1. The number of ether oxygens (including phenoxy) is 1. The first-order chi connectivity index (χ1) is 12.9. The average Bonchev–Trinajstić information content (AvgIpc) is 3.17. The van der Waals surface area contributed by atoms with Crippen LogP contribution >= 0.6 is 0 Å². The van der Waals surface area contributed by atoms with Crippen LogP contribution in [0.2, 0.25) is 0 Å². The number of alkyl carbamates (subject to hydrolysis) is 1. The number of amides is 1. The van der Waals surface area contributed by atoms with Crippen molar-refractivity contribution in [1.82, 2.24) is 15.5 Å². The Bertz CT molecular complexity index is 526. The van der Waals surface area contributed by atoms with Gasteiger partial charge in [-0.15, -0.1) is 0 Å². The van der Waals surface area contributed by atoms with Crippen LogP contribution in [-0.4, -0.2) is 41.8 Å². The molecule has 1 saturated heterocycles. The van der Waals surface area contributed by atoms with Crippen LogP contribution in [0.15, 0.2) is 11.9 Å². The highest BCUT2D eigenvalue weighted by atomic mass is 16.6. The second-order valence-electron chi connectivity index (χ2n) is 9.70. The van der Waals surface area contributed by atoms with Crippen molar-refractivity contribution in [3.05, 3.63) is 11.9 Å². The van der Waals surface area contributed by atoms with Crippen LogP contribution in [0.5, 0.6) is 0 Å². The minimum absolute atomic E-state index is 0.0346. The first kappa shape index (κ1) is 20.3. The quantitative estimate of drug-likeness (QED) is 0.704. The van der Waals surface area contributed by atoms with Crippen LogP contribution < -0.4 is 10.6 Å². The van der Waals surface area contributed by atoms with E-state index in [1.54, 1.807) is 0 Å². The summed E-state index contributed by atoms with van der Waals surface area (Å²) in [4.78, 5) is 14.7. The monoisotopic (exact) mass is 377 g/mol. The van der Waals surface area contributed by atoms with Crippen LogP contribution in [0.3, 0.4) is 0 Å². The number of carbonyl (C=O) groups is 1. The van der Waals surface area contributed by atoms with Crippen molar-refractivity contribution in [3.63, 3.8) is 0 Å². The van der Waals surface area contributed by atoms with Gasteiger partial charge >= 0.3 is 6.09 Å². The van der Waals surface area contributed by atoms with Gasteiger partial charge in [0.1, 0.15) is 6.10 Å². The largest absolute Gasteiger partial charge is 0.444 e. The van der Waals surface area contributed by atoms with Gasteiger partial charge in [-0.25, -0.2) is 4.79 Å². The molecule has 2 heterocycles. The Balaban J connectivity index is 1.61. The molecule has 3 aliphatic rings. The number of hydrogen-bond donors (Lipinski definition) is 2. The second kappa shape index (κ2) is 9.20. The van der Waals surface area contributed by atoms with Gasteiger partial charge in [0.2, 0.25) is 0 Å². The molecule has 0 radical (unpaired) electrons. The zero-order chi connectivity index (χ0) is 19.3. The lowest BCUT2D eigenvalue weighted by atomic mass is 10.1. The zero-order valence-corrected chi connectivity index (χ0v) is 17.6. The first-order valence-electron chi connectivity index (χ1n) is 11.1. The lowest BCUT2D eigenvalue weighted by Crippen LogP contribution is -2.44. The van der Waals surface area contributed by atoms with Crippen LogP contribution in [-0.2, 0) is 4.74 Å². The molecule has 0 aromatic rings. The van der Waals surface area contributed by atoms with Gasteiger partial charge in [-0.05, 0) is 65.2 Å². The second-order valence-corrected chi connectivity index (χ2v) is 9.70. The van der Waals surface area contributed by atoms with Crippen molar-refractivity contribution in [2.24, 2.45) is 5.92 Å². The molecule has 3 rings (SSSR count). The molecule has 0 aromatic heterocycles. The molecule has 5 heteroatoms. The van der Waals surface area contributed by atoms with E-state index in [4.69, 9.17) is 4.74 Å². The molecule has 0 bridgehead atoms. The molecule has 2 aliphatic heterocycles. The summed E-state index contributed by atoms with van der Waals surface area (Å²) in [6.07, 6.45) is 14.3. The molecule has 3 unspecified atom stereocenters. The SMILES string of the molecule is CC(C)(C)NC(=O)OC1CCCCCCCC2CC2NC=C2CCCN2C1. The van der Waals surface area contributed by atoms with Gasteiger partial charge in [0.25, 0.3) is 0 Å². The van der Waals surface area contributed by atoms with Crippen molar-refractivity contribution in [3.8, 4) is 0 Å². The highest BCUT2D eigenvalue weighted by Gasteiger charge is 2.35. The molecule has 3 atom stereocenters. The van der Waals surface area contributed by atoms with E-state index < -0.39 is 0 Å². The maximum atomic E-state index is 12.3. The summed E-state index contributed by atoms with van der Waals surface area (Å²) in [5, 5.41) is 6.60. The summed E-state index contributed by atoms with van der Waals surface area (Å²) in [6, 6.07) is 0.690. The third-order valence-electron chi connectivity index (χ3n) is 5.93. The Kier molecular flexibility index (Phi) is 6.93. The topological polar surface area (TPSA) is 53.6 Å². The molecule has 0 spiro atoms. The van der Waals surface area contributed by atoms with E-state index in [9.17, 15) is 4.79 Å². The van der Waals surface area contributed by atoms with Crippen LogP contribution in [0, 0.1) is 5.92 Å². The fraction of sp³-hybridized carbons (Fsp3) is 0.864. The minimum Gasteiger partial charge on any atom is -0.444 e. The Morgan fingerprint density at radius 2 is 1.89 bits per heavy atom. The summed E-state index contributed by atoms with van der Waals surface area (Å²) in [5.41, 5.74) is 1.13. The maximum Gasteiger partial charge on any atom is 0.407 e. The lowest BCUT2D eigenvalue weighted by Gasteiger charge is -2.28. The van der Waals surface area contributed by atoms with Crippen LogP contribution in [0.4, 0.5) is 4.79 Å². The van der Waals surface area contributed by atoms with E-state index in [0.29, 0.717) is 6.04 Å². The molecule has 5 nitrogen and oxygen atoms in total. The van der Waals surface area contributed by atoms with Crippen LogP contribution in [0.1, 0.15) is 85.0 Å². The zero-order valence-electron chi connectivity index (χ0n) is 17.6. The van der Waals surface area contributed by atoms with Gasteiger partial charge in [-0.3, -0.25) is 0 Å². The molecular weight excluding hydrogens is 338 g/mol. The Hall–Kier alpha value is -1.39. The van der Waals surface area contributed by atoms with Gasteiger partial charge in [-0.1, -0.05) is 25.7 Å². The first-order valence-corrected chi connectivity index (χ1v) is 11.1. The fourth-order valence-corrected chi connectivity index (χ4v) is 4.33. The normalized spacial score (nSPS) is 30.0. The molecule has 1 saturated carbocycles. The summed E-state index contributed by atoms with van der Waals surface area (Å²) in [7, 11) is 0. The molecular formula is C22H39N3O2. The van der Waals surface area contributed by atoms with E-state index in [1.807, 2.05) is 20.8 Å². The van der Waals surface area contributed by atoms with Crippen LogP contribution in [0.25, 0.3) is 0 Å². The molecule has 27 heavy (non-hydrogen) atoms. The van der Waals surface area contributed by atoms with Gasteiger partial charge in [0.05, 0.1) is 6.54 Å². The molecule has 154 valence electrons. The Labute approximate surface area is 165 Å². The predicted molar refractivity (Wildman–Crippen MR) is 109 cm³/mol. The number of nitrogens with zero attached hydrogens (tertiary/aromatic N) is 1. The van der Waals surface area contributed by atoms with Gasteiger partial charge in [0.15, 0.2) is 0 Å². The van der Waals surface area contributed by atoms with Crippen molar-refractivity contribution in [2.75, 3.05) is 13.1 Å². The molecule has 1 aliphatic carbocycles. The number of nitrogens with one attached hydrogen (secondary N) is 2. The van der Waals surface area contributed by atoms with Gasteiger partial charge < -0.3 is 20.3 Å². The van der Waals surface area contributed by atoms with E-state index in [2.05, 4.69) is 21.7 Å². The Morgan fingerprint density at radius 1 is 1.15 bits per heavy atom. The predicted octanol–water partition coefficient (Wildman–Crippen LogP) is 4.54. The van der Waals surface area contributed by atoms with E-state index in [0.717, 1.165) is 38.3 Å². The maximum absolute atomic E-state index is 12.3. The third kappa shape index (κ3) is 6.93. The number of hydrogen-bond acceptors (Lipinski definition) is 4. The van der Waals surface area contributed by atoms with Crippen molar-refractivity contribution in [2.45, 2.75) is 103 Å². The summed E-state index contributed by atoms with van der Waals surface area (Å²) in [5.74, 6) is 0.888. The standard InChI is InChI=1S/C22H39N3O2/c1-22(2,3)24-21(26)27-19-12-8-6-4-5-7-10-17-14-20(17)23-15-18-11-9-13-25(18)16-19/h15,17,19-20,23H,4-14,16H2,1-3H3,(H,24,26). The molecule has 2 fully saturated rings. The smallest absolute Gasteiger partial charge is 0.407 e. The minimum atomic E-state index is -0.283. The lowest BCUT2D eigenvalue weighted by molar-refractivity contribution is 0.0688. The fourth-order valence-electron chi connectivity index (χ4n) is 4.33.